The minimum atomic E-state index is 0.589. The maximum Gasteiger partial charge on any atom is 0.224 e. The summed E-state index contributed by atoms with van der Waals surface area (Å²) in [6.45, 7) is 3.21. The molecule has 0 radical (unpaired) electrons. The number of halogens is 1. The molecule has 3 aromatic rings. The number of aryl methyl sites for hydroxylation is 1. The summed E-state index contributed by atoms with van der Waals surface area (Å²) in [4.78, 5) is 8.44. The van der Waals surface area contributed by atoms with Crippen LogP contribution in [0.25, 0.3) is 10.9 Å². The van der Waals surface area contributed by atoms with E-state index in [4.69, 9.17) is 21.1 Å². The largest absolute Gasteiger partial charge is 0.492 e. The Balaban J connectivity index is 1.45. The van der Waals surface area contributed by atoms with Gasteiger partial charge in [-0.25, -0.2) is 9.97 Å². The molecule has 0 aliphatic heterocycles. The van der Waals surface area contributed by atoms with E-state index in [1.54, 1.807) is 0 Å². The van der Waals surface area contributed by atoms with Crippen molar-refractivity contribution in [3.63, 3.8) is 0 Å². The molecule has 1 aromatic heterocycles. The van der Waals surface area contributed by atoms with Crippen LogP contribution in [0.2, 0.25) is 5.02 Å². The van der Waals surface area contributed by atoms with Gasteiger partial charge in [-0.1, -0.05) is 29.8 Å². The zero-order valence-corrected chi connectivity index (χ0v) is 14.3. The van der Waals surface area contributed by atoms with Crippen molar-refractivity contribution in [3.8, 4) is 11.6 Å². The van der Waals surface area contributed by atoms with Gasteiger partial charge < -0.3 is 9.47 Å². The minimum absolute atomic E-state index is 0.589. The van der Waals surface area contributed by atoms with Crippen LogP contribution in [0.15, 0.2) is 48.8 Å². The lowest BCUT2D eigenvalue weighted by molar-refractivity contribution is 0.263. The third-order valence-corrected chi connectivity index (χ3v) is 3.94. The fourth-order valence-corrected chi connectivity index (χ4v) is 2.54. The topological polar surface area (TPSA) is 44.2 Å². The molecule has 24 heavy (non-hydrogen) atoms. The number of ether oxygens (including phenoxy) is 2. The quantitative estimate of drug-likeness (QED) is 0.577. The van der Waals surface area contributed by atoms with E-state index >= 15 is 0 Å². The molecule has 1 heterocycles. The molecule has 0 bridgehead atoms. The van der Waals surface area contributed by atoms with Gasteiger partial charge in [-0.2, -0.15) is 0 Å². The second kappa shape index (κ2) is 7.97. The fourth-order valence-electron chi connectivity index (χ4n) is 2.37. The van der Waals surface area contributed by atoms with Crippen LogP contribution in [0.5, 0.6) is 11.6 Å². The Hall–Kier alpha value is -2.33. The van der Waals surface area contributed by atoms with Crippen LogP contribution in [0.3, 0.4) is 0 Å². The van der Waals surface area contributed by atoms with Crippen molar-refractivity contribution in [2.45, 2.75) is 19.8 Å². The minimum Gasteiger partial charge on any atom is -0.492 e. The van der Waals surface area contributed by atoms with Gasteiger partial charge in [0.05, 0.1) is 29.1 Å². The van der Waals surface area contributed by atoms with E-state index in [-0.39, 0.29) is 0 Å². The Morgan fingerprint density at radius 1 is 0.958 bits per heavy atom. The van der Waals surface area contributed by atoms with Crippen LogP contribution in [-0.4, -0.2) is 23.2 Å². The monoisotopic (exact) mass is 342 g/mol. The predicted octanol–water partition coefficient (Wildman–Crippen LogP) is 4.83. The predicted molar refractivity (Wildman–Crippen MR) is 96.0 cm³/mol. The number of hydrogen-bond acceptors (Lipinski definition) is 4. The summed E-state index contributed by atoms with van der Waals surface area (Å²) in [5.41, 5.74) is 2.02. The summed E-state index contributed by atoms with van der Waals surface area (Å²) in [6, 6.07) is 13.6. The molecular weight excluding hydrogens is 324 g/mol. The molecule has 0 saturated heterocycles. The highest BCUT2D eigenvalue weighted by Gasteiger charge is 2.04. The van der Waals surface area contributed by atoms with E-state index in [0.717, 1.165) is 35.1 Å². The summed E-state index contributed by atoms with van der Waals surface area (Å²) in [5.74, 6) is 1.36. The van der Waals surface area contributed by atoms with E-state index in [2.05, 4.69) is 9.97 Å². The maximum absolute atomic E-state index is 6.11. The Labute approximate surface area is 146 Å². The number of nitrogens with zero attached hydrogens (tertiary/aromatic N) is 2. The third kappa shape index (κ3) is 4.15. The zero-order valence-electron chi connectivity index (χ0n) is 13.5. The lowest BCUT2D eigenvalue weighted by Crippen LogP contribution is -2.04. The van der Waals surface area contributed by atoms with Gasteiger partial charge in [0.1, 0.15) is 12.1 Å². The first-order chi connectivity index (χ1) is 11.7. The molecular formula is C19H19ClN2O2. The van der Waals surface area contributed by atoms with Crippen molar-refractivity contribution >= 4 is 22.5 Å². The van der Waals surface area contributed by atoms with Gasteiger partial charge in [-0.05, 0) is 49.6 Å². The lowest BCUT2D eigenvalue weighted by atomic mass is 10.2. The fraction of sp³-hybridized carbons (Fsp3) is 0.263. The molecule has 0 unspecified atom stereocenters. The highest BCUT2D eigenvalue weighted by molar-refractivity contribution is 6.32. The van der Waals surface area contributed by atoms with Gasteiger partial charge in [0.15, 0.2) is 0 Å². The SMILES string of the molecule is Cc1ccc(Cl)c(OCCCCOc2ncnc3ccccc23)c1. The summed E-state index contributed by atoms with van der Waals surface area (Å²) in [5, 5.41) is 1.58. The molecule has 0 aliphatic rings. The van der Waals surface area contributed by atoms with E-state index in [0.29, 0.717) is 24.1 Å². The molecule has 0 amide bonds. The number of hydrogen-bond donors (Lipinski definition) is 0. The summed E-state index contributed by atoms with van der Waals surface area (Å²) in [7, 11) is 0. The third-order valence-electron chi connectivity index (χ3n) is 3.63. The summed E-state index contributed by atoms with van der Waals surface area (Å²) >= 11 is 6.11. The second-order valence-electron chi connectivity index (χ2n) is 5.53. The smallest absolute Gasteiger partial charge is 0.224 e. The van der Waals surface area contributed by atoms with Gasteiger partial charge in [0, 0.05) is 0 Å². The molecule has 0 spiro atoms. The molecule has 124 valence electrons. The zero-order chi connectivity index (χ0) is 16.8. The molecule has 4 nitrogen and oxygen atoms in total. The van der Waals surface area contributed by atoms with Crippen LogP contribution in [-0.2, 0) is 0 Å². The highest BCUT2D eigenvalue weighted by Crippen LogP contribution is 2.25. The average Bonchev–Trinajstić information content (AvgIpc) is 2.61. The highest BCUT2D eigenvalue weighted by atomic mass is 35.5. The van der Waals surface area contributed by atoms with Crippen molar-refractivity contribution in [3.05, 3.63) is 59.4 Å². The first-order valence-electron chi connectivity index (χ1n) is 7.95. The van der Waals surface area contributed by atoms with Crippen LogP contribution >= 0.6 is 11.6 Å². The van der Waals surface area contributed by atoms with Gasteiger partial charge in [-0.3, -0.25) is 0 Å². The Bertz CT molecular complexity index is 818. The van der Waals surface area contributed by atoms with Gasteiger partial charge >= 0.3 is 0 Å². The maximum atomic E-state index is 6.11. The van der Waals surface area contributed by atoms with Crippen LogP contribution in [0, 0.1) is 6.92 Å². The first-order valence-corrected chi connectivity index (χ1v) is 8.33. The molecule has 0 aliphatic carbocycles. The Morgan fingerprint density at radius 3 is 2.62 bits per heavy atom. The van der Waals surface area contributed by atoms with Crippen LogP contribution in [0.4, 0.5) is 0 Å². The Kier molecular flexibility index (Phi) is 5.49. The summed E-state index contributed by atoms with van der Waals surface area (Å²) in [6.07, 6.45) is 3.29. The molecule has 0 saturated carbocycles. The molecule has 2 aromatic carbocycles. The first kappa shape index (κ1) is 16.5. The van der Waals surface area contributed by atoms with Crippen LogP contribution in [0.1, 0.15) is 18.4 Å². The van der Waals surface area contributed by atoms with Gasteiger partial charge in [-0.15, -0.1) is 0 Å². The standard InChI is InChI=1S/C19H19ClN2O2/c1-14-8-9-16(20)18(12-14)23-10-4-5-11-24-19-15-6-2-3-7-17(15)21-13-22-19/h2-3,6-9,12-13H,4-5,10-11H2,1H3. The van der Waals surface area contributed by atoms with E-state index in [1.165, 1.54) is 6.33 Å². The number of unbranched alkanes of at least 4 members (excludes halogenated alkanes) is 1. The van der Waals surface area contributed by atoms with E-state index in [9.17, 15) is 0 Å². The normalized spacial score (nSPS) is 10.8. The molecule has 5 heteroatoms. The number of fused-ring (bicyclic) bond motifs is 1. The number of para-hydroxylation sites is 1. The molecule has 3 rings (SSSR count). The molecule has 0 atom stereocenters. The van der Waals surface area contributed by atoms with Crippen molar-refractivity contribution in [1.82, 2.24) is 9.97 Å². The van der Waals surface area contributed by atoms with Crippen molar-refractivity contribution in [2.24, 2.45) is 0 Å². The number of aromatic nitrogens is 2. The number of rotatable bonds is 7. The van der Waals surface area contributed by atoms with E-state index < -0.39 is 0 Å². The van der Waals surface area contributed by atoms with Gasteiger partial charge in [0.25, 0.3) is 0 Å². The number of benzene rings is 2. The molecule has 0 N–H and O–H groups in total. The van der Waals surface area contributed by atoms with E-state index in [1.807, 2.05) is 49.4 Å². The second-order valence-corrected chi connectivity index (χ2v) is 5.94. The van der Waals surface area contributed by atoms with Gasteiger partial charge in [0.2, 0.25) is 5.88 Å². The van der Waals surface area contributed by atoms with Crippen molar-refractivity contribution in [2.75, 3.05) is 13.2 Å². The van der Waals surface area contributed by atoms with Crippen molar-refractivity contribution in [1.29, 1.82) is 0 Å². The molecule has 0 fully saturated rings. The Morgan fingerprint density at radius 2 is 1.75 bits per heavy atom. The summed E-state index contributed by atoms with van der Waals surface area (Å²) < 4.78 is 11.5. The lowest BCUT2D eigenvalue weighted by Gasteiger charge is -2.10. The van der Waals surface area contributed by atoms with Crippen LogP contribution < -0.4 is 9.47 Å². The average molecular weight is 343 g/mol. The van der Waals surface area contributed by atoms with Crippen molar-refractivity contribution < 1.29 is 9.47 Å².